The summed E-state index contributed by atoms with van der Waals surface area (Å²) in [5.74, 6) is 2.23. The van der Waals surface area contributed by atoms with Crippen LogP contribution in [0.5, 0.6) is 0 Å². The molecule has 0 N–H and O–H groups in total. The summed E-state index contributed by atoms with van der Waals surface area (Å²) in [6.07, 6.45) is 6.97. The maximum absolute atomic E-state index is 9.73. The highest BCUT2D eigenvalue weighted by molar-refractivity contribution is 5.73. The first kappa shape index (κ1) is 5.97. The molecule has 0 unspecified atom stereocenters. The number of aldehydes is 1. The van der Waals surface area contributed by atoms with Gasteiger partial charge in [0, 0.05) is 0 Å². The molecule has 7 heavy (non-hydrogen) atoms. The lowest BCUT2D eigenvalue weighted by molar-refractivity contribution is -0.104. The van der Waals surface area contributed by atoms with Crippen LogP contribution in [0.3, 0.4) is 0 Å². The van der Waals surface area contributed by atoms with Gasteiger partial charge in [0.2, 0.25) is 0 Å². The predicted molar refractivity (Wildman–Crippen MR) is 28.7 cm³/mol. The maximum Gasteiger partial charge on any atom is 0.146 e. The van der Waals surface area contributed by atoms with Gasteiger partial charge in [0.25, 0.3) is 0 Å². The average Bonchev–Trinajstić information content (AvgIpc) is 1.68. The van der Waals surface area contributed by atoms with Crippen molar-refractivity contribution in [1.82, 2.24) is 0 Å². The summed E-state index contributed by atoms with van der Waals surface area (Å²) in [6, 6.07) is 0. The van der Waals surface area contributed by atoms with Crippen LogP contribution in [0.15, 0.2) is 11.6 Å². The summed E-state index contributed by atoms with van der Waals surface area (Å²) in [6.45, 7) is 1.66. The van der Waals surface area contributed by atoms with Crippen molar-refractivity contribution < 1.29 is 4.79 Å². The molecule has 0 amide bonds. The molecule has 0 aliphatic heterocycles. The Labute approximate surface area is 43.0 Å². The van der Waals surface area contributed by atoms with Crippen LogP contribution in [-0.2, 0) is 4.79 Å². The Morgan fingerprint density at radius 3 is 2.57 bits per heavy atom. The van der Waals surface area contributed by atoms with E-state index in [1.165, 1.54) is 6.08 Å². The van der Waals surface area contributed by atoms with E-state index in [1.54, 1.807) is 6.92 Å². The molecule has 0 saturated heterocycles. The van der Waals surface area contributed by atoms with Gasteiger partial charge in [-0.1, -0.05) is 5.92 Å². The lowest BCUT2D eigenvalue weighted by Gasteiger charge is -1.73. The van der Waals surface area contributed by atoms with E-state index in [2.05, 4.69) is 5.92 Å². The number of hydrogen-bond donors (Lipinski definition) is 0. The number of rotatable bonds is 1. The van der Waals surface area contributed by atoms with Crippen LogP contribution in [0.2, 0.25) is 0 Å². The Hall–Kier alpha value is -1.03. The molecule has 0 fully saturated rings. The second kappa shape index (κ2) is 3.17. The van der Waals surface area contributed by atoms with E-state index in [1.807, 2.05) is 0 Å². The fourth-order valence-corrected chi connectivity index (χ4v) is 0.165. The highest BCUT2D eigenvalue weighted by Gasteiger charge is 1.74. The fourth-order valence-electron chi connectivity index (χ4n) is 0.165. The van der Waals surface area contributed by atoms with Crippen LogP contribution in [0.4, 0.5) is 0 Å². The molecule has 0 radical (unpaired) electrons. The molecule has 0 spiro atoms. The topological polar surface area (TPSA) is 17.1 Å². The summed E-state index contributed by atoms with van der Waals surface area (Å²) in [7, 11) is 0. The lowest BCUT2D eigenvalue weighted by atomic mass is 10.3. The normalized spacial score (nSPS) is 10.0. The van der Waals surface area contributed by atoms with E-state index in [0.29, 0.717) is 5.57 Å². The van der Waals surface area contributed by atoms with E-state index in [9.17, 15) is 4.79 Å². The van der Waals surface area contributed by atoms with E-state index in [-0.39, 0.29) is 0 Å². The minimum Gasteiger partial charge on any atom is -0.298 e. The third-order valence-corrected chi connectivity index (χ3v) is 0.497. The monoisotopic (exact) mass is 94.0 g/mol. The first-order valence-electron chi connectivity index (χ1n) is 1.89. The molecule has 1 nitrogen and oxygen atoms in total. The molecule has 1 heteroatoms. The summed E-state index contributed by atoms with van der Waals surface area (Å²) in [5, 5.41) is 0. The first-order valence-corrected chi connectivity index (χ1v) is 1.89. The van der Waals surface area contributed by atoms with Crippen LogP contribution in [-0.4, -0.2) is 6.29 Å². The van der Waals surface area contributed by atoms with Gasteiger partial charge in [-0.05, 0) is 18.6 Å². The molecule has 0 aromatic carbocycles. The Morgan fingerprint density at radius 1 is 1.86 bits per heavy atom. The minimum atomic E-state index is 0.586. The SMILES string of the molecule is C#C/C=C(\C)C=O. The van der Waals surface area contributed by atoms with Crippen LogP contribution in [0, 0.1) is 12.3 Å². The van der Waals surface area contributed by atoms with Gasteiger partial charge in [-0.25, -0.2) is 0 Å². The van der Waals surface area contributed by atoms with E-state index in [0.717, 1.165) is 6.29 Å². The molecular weight excluding hydrogens is 88.1 g/mol. The largest absolute Gasteiger partial charge is 0.298 e. The van der Waals surface area contributed by atoms with Gasteiger partial charge in [-0.2, -0.15) is 0 Å². The number of hydrogen-bond acceptors (Lipinski definition) is 1. The molecule has 0 heterocycles. The fraction of sp³-hybridized carbons (Fsp3) is 0.167. The molecule has 0 atom stereocenters. The number of terminal acetylenes is 1. The highest BCUT2D eigenvalue weighted by Crippen LogP contribution is 1.80. The van der Waals surface area contributed by atoms with Crippen LogP contribution < -0.4 is 0 Å². The van der Waals surface area contributed by atoms with Gasteiger partial charge in [0.15, 0.2) is 0 Å². The number of carbonyl (C=O) groups is 1. The average molecular weight is 94.1 g/mol. The van der Waals surface area contributed by atoms with Crippen molar-refractivity contribution in [2.24, 2.45) is 0 Å². The number of carbonyl (C=O) groups excluding carboxylic acids is 1. The van der Waals surface area contributed by atoms with Crippen molar-refractivity contribution in [2.75, 3.05) is 0 Å². The zero-order valence-electron chi connectivity index (χ0n) is 4.14. The smallest absolute Gasteiger partial charge is 0.146 e. The van der Waals surface area contributed by atoms with Crippen molar-refractivity contribution in [3.05, 3.63) is 11.6 Å². The van der Waals surface area contributed by atoms with Crippen molar-refractivity contribution in [2.45, 2.75) is 6.92 Å². The number of allylic oxidation sites excluding steroid dienone is 2. The van der Waals surface area contributed by atoms with E-state index >= 15 is 0 Å². The maximum atomic E-state index is 9.73. The summed E-state index contributed by atoms with van der Waals surface area (Å²) >= 11 is 0. The third-order valence-electron chi connectivity index (χ3n) is 0.497. The van der Waals surface area contributed by atoms with Gasteiger partial charge in [-0.3, -0.25) is 4.79 Å². The predicted octanol–water partition coefficient (Wildman–Crippen LogP) is 0.765. The highest BCUT2D eigenvalue weighted by atomic mass is 16.1. The zero-order chi connectivity index (χ0) is 5.70. The van der Waals surface area contributed by atoms with Crippen molar-refractivity contribution in [3.63, 3.8) is 0 Å². The van der Waals surface area contributed by atoms with Crippen molar-refractivity contribution in [1.29, 1.82) is 0 Å². The van der Waals surface area contributed by atoms with Crippen molar-refractivity contribution >= 4 is 6.29 Å². The van der Waals surface area contributed by atoms with Crippen LogP contribution in [0.1, 0.15) is 6.92 Å². The summed E-state index contributed by atoms with van der Waals surface area (Å²) in [5.41, 5.74) is 0.586. The first-order chi connectivity index (χ1) is 3.31. The minimum absolute atomic E-state index is 0.586. The summed E-state index contributed by atoms with van der Waals surface area (Å²) < 4.78 is 0. The Morgan fingerprint density at radius 2 is 2.43 bits per heavy atom. The van der Waals surface area contributed by atoms with Gasteiger partial charge in [0.1, 0.15) is 6.29 Å². The van der Waals surface area contributed by atoms with Gasteiger partial charge in [-0.15, -0.1) is 6.42 Å². The molecule has 36 valence electrons. The molecule has 0 rings (SSSR count). The van der Waals surface area contributed by atoms with Crippen molar-refractivity contribution in [3.8, 4) is 12.3 Å². The third kappa shape index (κ3) is 2.78. The standard InChI is InChI=1S/C6H6O/c1-3-4-6(2)5-7/h1,4-5H,2H3/b6-4+. The summed E-state index contributed by atoms with van der Waals surface area (Å²) in [4.78, 5) is 9.73. The quantitative estimate of drug-likeness (QED) is 0.266. The molecule has 0 bridgehead atoms. The van der Waals surface area contributed by atoms with Crippen LogP contribution in [0.25, 0.3) is 0 Å². The molecule has 0 saturated carbocycles. The molecule has 0 aliphatic rings. The van der Waals surface area contributed by atoms with Gasteiger partial charge in [0.05, 0.1) is 0 Å². The lowest BCUT2D eigenvalue weighted by Crippen LogP contribution is -1.71. The molecule has 0 aromatic rings. The van der Waals surface area contributed by atoms with E-state index in [4.69, 9.17) is 6.42 Å². The van der Waals surface area contributed by atoms with E-state index < -0.39 is 0 Å². The Bertz CT molecular complexity index is 126. The second-order valence-electron chi connectivity index (χ2n) is 1.17. The van der Waals surface area contributed by atoms with Gasteiger partial charge < -0.3 is 0 Å². The van der Waals surface area contributed by atoms with Gasteiger partial charge >= 0.3 is 0 Å². The molecule has 0 aromatic heterocycles. The zero-order valence-corrected chi connectivity index (χ0v) is 4.14. The Kier molecular flexibility index (Phi) is 2.70. The molecule has 0 aliphatic carbocycles. The molecular formula is C6H6O. The Balaban J connectivity index is 3.80. The second-order valence-corrected chi connectivity index (χ2v) is 1.17. The van der Waals surface area contributed by atoms with Crippen LogP contribution >= 0.6 is 0 Å².